The summed E-state index contributed by atoms with van der Waals surface area (Å²) in [7, 11) is 0. The van der Waals surface area contributed by atoms with Crippen LogP contribution in [0.5, 0.6) is 0 Å². The minimum atomic E-state index is -0.463. The number of para-hydroxylation sites is 2. The molecule has 2 amide bonds. The summed E-state index contributed by atoms with van der Waals surface area (Å²) in [5.74, 6) is -0.753. The van der Waals surface area contributed by atoms with Gasteiger partial charge in [0.1, 0.15) is 11.3 Å². The molecule has 0 aliphatic rings. The predicted octanol–water partition coefficient (Wildman–Crippen LogP) is 4.53. The van der Waals surface area contributed by atoms with Gasteiger partial charge >= 0.3 is 0 Å². The van der Waals surface area contributed by atoms with Gasteiger partial charge in [0.15, 0.2) is 5.76 Å². The maximum Gasteiger partial charge on any atom is 0.293 e. The average molecular weight is 346 g/mol. The van der Waals surface area contributed by atoms with E-state index in [2.05, 4.69) is 10.6 Å². The number of rotatable bonds is 4. The molecule has 2 N–H and O–H groups in total. The third-order valence-corrected chi connectivity index (χ3v) is 3.82. The Morgan fingerprint density at radius 3 is 2.31 bits per heavy atom. The van der Waals surface area contributed by atoms with Gasteiger partial charge in [0.05, 0.1) is 6.26 Å². The summed E-state index contributed by atoms with van der Waals surface area (Å²) in [6.45, 7) is 0. The van der Waals surface area contributed by atoms with Crippen molar-refractivity contribution in [2.45, 2.75) is 0 Å². The van der Waals surface area contributed by atoms with E-state index < -0.39 is 11.8 Å². The van der Waals surface area contributed by atoms with Crippen LogP contribution < -0.4 is 10.6 Å². The summed E-state index contributed by atoms with van der Waals surface area (Å²) >= 11 is 0. The Balaban J connectivity index is 1.71. The van der Waals surface area contributed by atoms with Crippen LogP contribution in [0, 0.1) is 0 Å². The molecule has 0 unspecified atom stereocenters. The van der Waals surface area contributed by atoms with Crippen LogP contribution in [0.25, 0.3) is 11.0 Å². The number of benzene rings is 2. The quantitative estimate of drug-likeness (QED) is 0.568. The lowest BCUT2D eigenvalue weighted by Gasteiger charge is -2.06. The molecular weight excluding hydrogens is 332 g/mol. The first-order valence-electron chi connectivity index (χ1n) is 7.95. The number of hydrogen-bond donors (Lipinski definition) is 2. The van der Waals surface area contributed by atoms with Crippen LogP contribution >= 0.6 is 0 Å². The number of fused-ring (bicyclic) bond motifs is 1. The molecule has 4 rings (SSSR count). The Morgan fingerprint density at radius 2 is 1.54 bits per heavy atom. The lowest BCUT2D eigenvalue weighted by atomic mass is 10.2. The summed E-state index contributed by atoms with van der Waals surface area (Å²) in [5, 5.41) is 6.11. The van der Waals surface area contributed by atoms with Crippen molar-refractivity contribution in [3.8, 4) is 0 Å². The SMILES string of the molecule is O=C(Nc1c(C(=O)Nc2ccccc2)oc2ccccc12)c1ccco1. The summed E-state index contributed by atoms with van der Waals surface area (Å²) in [5.41, 5.74) is 1.43. The molecule has 26 heavy (non-hydrogen) atoms. The van der Waals surface area contributed by atoms with Gasteiger partial charge in [0.2, 0.25) is 5.76 Å². The van der Waals surface area contributed by atoms with Crippen LogP contribution in [0.15, 0.2) is 81.8 Å². The highest BCUT2D eigenvalue weighted by atomic mass is 16.4. The van der Waals surface area contributed by atoms with E-state index in [9.17, 15) is 9.59 Å². The van der Waals surface area contributed by atoms with Gasteiger partial charge in [-0.05, 0) is 36.4 Å². The van der Waals surface area contributed by atoms with Crippen molar-refractivity contribution in [1.82, 2.24) is 0 Å². The van der Waals surface area contributed by atoms with Crippen molar-refractivity contribution >= 4 is 34.2 Å². The standard InChI is InChI=1S/C20H14N2O4/c23-19(16-11-6-12-25-16)22-17-14-9-4-5-10-15(14)26-18(17)20(24)21-13-7-2-1-3-8-13/h1-12H,(H,21,24)(H,22,23). The molecule has 0 fully saturated rings. The molecule has 0 spiro atoms. The fraction of sp³-hybridized carbons (Fsp3) is 0. The van der Waals surface area contributed by atoms with Gasteiger partial charge < -0.3 is 19.5 Å². The van der Waals surface area contributed by atoms with E-state index >= 15 is 0 Å². The number of amides is 2. The second-order valence-electron chi connectivity index (χ2n) is 5.55. The molecule has 0 saturated carbocycles. The van der Waals surface area contributed by atoms with Crippen molar-refractivity contribution in [2.24, 2.45) is 0 Å². The zero-order valence-corrected chi connectivity index (χ0v) is 13.6. The molecule has 2 aromatic heterocycles. The predicted molar refractivity (Wildman–Crippen MR) is 97.3 cm³/mol. The molecule has 2 aromatic carbocycles. The third-order valence-electron chi connectivity index (χ3n) is 3.82. The zero-order valence-electron chi connectivity index (χ0n) is 13.6. The molecular formula is C20H14N2O4. The van der Waals surface area contributed by atoms with Gasteiger partial charge in [-0.15, -0.1) is 0 Å². The van der Waals surface area contributed by atoms with Crippen LogP contribution in [0.4, 0.5) is 11.4 Å². The highest BCUT2D eigenvalue weighted by molar-refractivity contribution is 6.16. The zero-order chi connectivity index (χ0) is 17.9. The number of furan rings is 2. The third kappa shape index (κ3) is 2.95. The van der Waals surface area contributed by atoms with E-state index in [-0.39, 0.29) is 11.5 Å². The average Bonchev–Trinajstić information content (AvgIpc) is 3.31. The van der Waals surface area contributed by atoms with Crippen LogP contribution in [-0.4, -0.2) is 11.8 Å². The number of carbonyl (C=O) groups excluding carboxylic acids is 2. The molecule has 0 bridgehead atoms. The Kier molecular flexibility index (Phi) is 3.99. The highest BCUT2D eigenvalue weighted by Gasteiger charge is 2.23. The summed E-state index contributed by atoms with van der Waals surface area (Å²) in [6.07, 6.45) is 1.41. The minimum absolute atomic E-state index is 0.0231. The molecule has 4 aromatic rings. The van der Waals surface area contributed by atoms with Crippen molar-refractivity contribution in [1.29, 1.82) is 0 Å². The fourth-order valence-electron chi connectivity index (χ4n) is 2.62. The normalized spacial score (nSPS) is 10.6. The van der Waals surface area contributed by atoms with Gasteiger partial charge in [0, 0.05) is 11.1 Å². The Labute approximate surface area is 148 Å². The second-order valence-corrected chi connectivity index (χ2v) is 5.55. The molecule has 6 heteroatoms. The van der Waals surface area contributed by atoms with Gasteiger partial charge in [0.25, 0.3) is 11.8 Å². The summed E-state index contributed by atoms with van der Waals surface area (Å²) < 4.78 is 10.8. The largest absolute Gasteiger partial charge is 0.459 e. The van der Waals surface area contributed by atoms with Crippen molar-refractivity contribution in [2.75, 3.05) is 10.6 Å². The van der Waals surface area contributed by atoms with Crippen LogP contribution in [0.2, 0.25) is 0 Å². The highest BCUT2D eigenvalue weighted by Crippen LogP contribution is 2.32. The van der Waals surface area contributed by atoms with E-state index in [0.29, 0.717) is 22.3 Å². The Bertz CT molecular complexity index is 1070. The summed E-state index contributed by atoms with van der Waals surface area (Å²) in [4.78, 5) is 25.1. The van der Waals surface area contributed by atoms with Gasteiger partial charge in [-0.2, -0.15) is 0 Å². The van der Waals surface area contributed by atoms with Crippen LogP contribution in [0.3, 0.4) is 0 Å². The number of nitrogens with one attached hydrogen (secondary N) is 2. The number of anilines is 2. The van der Waals surface area contributed by atoms with Crippen molar-refractivity contribution in [3.63, 3.8) is 0 Å². The molecule has 0 saturated heterocycles. The first-order valence-corrected chi connectivity index (χ1v) is 7.95. The van der Waals surface area contributed by atoms with Crippen molar-refractivity contribution < 1.29 is 18.4 Å². The lowest BCUT2D eigenvalue weighted by molar-refractivity contribution is 0.0996. The Hall–Kier alpha value is -3.80. The van der Waals surface area contributed by atoms with Crippen molar-refractivity contribution in [3.05, 3.63) is 84.5 Å². The monoisotopic (exact) mass is 346 g/mol. The molecule has 6 nitrogen and oxygen atoms in total. The molecule has 0 radical (unpaired) electrons. The smallest absolute Gasteiger partial charge is 0.293 e. The van der Waals surface area contributed by atoms with Crippen LogP contribution in [0.1, 0.15) is 21.1 Å². The number of carbonyl (C=O) groups is 2. The van der Waals surface area contributed by atoms with Gasteiger partial charge in [-0.1, -0.05) is 30.3 Å². The molecule has 0 aliphatic heterocycles. The van der Waals surface area contributed by atoms with Gasteiger partial charge in [-0.25, -0.2) is 0 Å². The second kappa shape index (κ2) is 6.60. The van der Waals surface area contributed by atoms with E-state index in [1.54, 1.807) is 48.5 Å². The molecule has 0 atom stereocenters. The van der Waals surface area contributed by atoms with E-state index in [4.69, 9.17) is 8.83 Å². The first kappa shape index (κ1) is 15.7. The first-order chi connectivity index (χ1) is 12.7. The molecule has 0 aliphatic carbocycles. The maximum atomic E-state index is 12.7. The Morgan fingerprint density at radius 1 is 0.769 bits per heavy atom. The molecule has 2 heterocycles. The van der Waals surface area contributed by atoms with Gasteiger partial charge in [-0.3, -0.25) is 9.59 Å². The van der Waals surface area contributed by atoms with E-state index in [1.807, 2.05) is 18.2 Å². The fourth-order valence-corrected chi connectivity index (χ4v) is 2.62. The topological polar surface area (TPSA) is 84.5 Å². The molecule has 128 valence electrons. The lowest BCUT2D eigenvalue weighted by Crippen LogP contribution is -2.16. The van der Waals surface area contributed by atoms with E-state index in [1.165, 1.54) is 6.26 Å². The maximum absolute atomic E-state index is 12.7. The summed E-state index contributed by atoms with van der Waals surface area (Å²) in [6, 6.07) is 19.3. The minimum Gasteiger partial charge on any atom is -0.459 e. The van der Waals surface area contributed by atoms with E-state index in [0.717, 1.165) is 0 Å². The van der Waals surface area contributed by atoms with Crippen LogP contribution in [-0.2, 0) is 0 Å². The number of hydrogen-bond acceptors (Lipinski definition) is 4.